The van der Waals surface area contributed by atoms with Gasteiger partial charge in [-0.05, 0) is 30.7 Å². The Morgan fingerprint density at radius 2 is 1.97 bits per heavy atom. The molecule has 3 rings (SSSR count). The van der Waals surface area contributed by atoms with Crippen molar-refractivity contribution < 1.29 is 45.7 Å². The van der Waals surface area contributed by atoms with Gasteiger partial charge in [0.05, 0.1) is 17.9 Å². The van der Waals surface area contributed by atoms with Crippen LogP contribution in [0.3, 0.4) is 0 Å². The largest absolute Gasteiger partial charge is 0.480 e. The number of sulfonamides is 1. The topological polar surface area (TPSA) is 117 Å². The normalized spacial score (nSPS) is 20.2. The number of carbonyl (C=O) groups is 1. The predicted molar refractivity (Wildman–Crippen MR) is 101 cm³/mol. The molecule has 32 heavy (non-hydrogen) atoms. The zero-order chi connectivity index (χ0) is 23.7. The summed E-state index contributed by atoms with van der Waals surface area (Å²) in [6, 6.07) is 2.65. The average molecular weight is 478 g/mol. The van der Waals surface area contributed by atoms with Gasteiger partial charge in [0.1, 0.15) is 23.4 Å². The minimum absolute atomic E-state index is 0.0623. The minimum atomic E-state index is -4.72. The van der Waals surface area contributed by atoms with E-state index in [2.05, 4.69) is 4.98 Å². The van der Waals surface area contributed by atoms with Crippen LogP contribution < -0.4 is 4.74 Å². The number of ether oxygens (including phenoxy) is 1. The molecule has 0 radical (unpaired) electrons. The number of carboxylic acid groups (broad SMARTS) is 1. The van der Waals surface area contributed by atoms with Crippen molar-refractivity contribution in [2.45, 2.75) is 42.7 Å². The van der Waals surface area contributed by atoms with E-state index in [1.165, 1.54) is 0 Å². The molecular weight excluding hydrogens is 460 g/mol. The number of hydrogen-bond donors (Lipinski definition) is 2. The van der Waals surface area contributed by atoms with Crippen molar-refractivity contribution in [2.24, 2.45) is 0 Å². The van der Waals surface area contributed by atoms with Crippen LogP contribution in [0.15, 0.2) is 41.4 Å². The third kappa shape index (κ3) is 5.16. The maximum atomic E-state index is 13.4. The third-order valence-electron chi connectivity index (χ3n) is 4.87. The molecule has 1 aliphatic rings. The third-order valence-corrected chi connectivity index (χ3v) is 6.77. The van der Waals surface area contributed by atoms with Crippen molar-refractivity contribution in [2.75, 3.05) is 6.54 Å². The van der Waals surface area contributed by atoms with Crippen molar-refractivity contribution >= 4 is 16.0 Å². The van der Waals surface area contributed by atoms with Gasteiger partial charge in [0.25, 0.3) is 0 Å². The Hall–Kier alpha value is -2.77. The summed E-state index contributed by atoms with van der Waals surface area (Å²) in [5.74, 6) is -2.51. The Morgan fingerprint density at radius 1 is 1.25 bits per heavy atom. The number of rotatable bonds is 6. The molecule has 2 atom stereocenters. The van der Waals surface area contributed by atoms with E-state index in [0.29, 0.717) is 18.2 Å². The Labute approximate surface area is 180 Å². The van der Waals surface area contributed by atoms with Crippen molar-refractivity contribution in [1.29, 1.82) is 0 Å². The van der Waals surface area contributed by atoms with Gasteiger partial charge in [-0.1, -0.05) is 0 Å². The van der Waals surface area contributed by atoms with Gasteiger partial charge in [-0.2, -0.15) is 17.5 Å². The van der Waals surface area contributed by atoms with Gasteiger partial charge in [-0.25, -0.2) is 17.8 Å². The maximum absolute atomic E-state index is 13.4. The van der Waals surface area contributed by atoms with Gasteiger partial charge in [0, 0.05) is 24.6 Å². The molecule has 13 heteroatoms. The van der Waals surface area contributed by atoms with Crippen LogP contribution >= 0.6 is 0 Å². The molecule has 0 spiro atoms. The molecule has 1 aromatic heterocycles. The smallest absolute Gasteiger partial charge is 0.416 e. The Bertz CT molecular complexity index is 1090. The average Bonchev–Trinajstić information content (AvgIpc) is 2.71. The van der Waals surface area contributed by atoms with E-state index in [1.807, 2.05) is 0 Å². The van der Waals surface area contributed by atoms with Crippen molar-refractivity contribution in [3.8, 4) is 5.88 Å². The van der Waals surface area contributed by atoms with E-state index < -0.39 is 57.9 Å². The second kappa shape index (κ2) is 9.00. The zero-order valence-electron chi connectivity index (χ0n) is 16.3. The number of pyridine rings is 1. The van der Waals surface area contributed by atoms with Crippen LogP contribution in [0.5, 0.6) is 5.88 Å². The number of aliphatic carboxylic acids is 1. The lowest BCUT2D eigenvalue weighted by Crippen LogP contribution is -2.51. The SMILES string of the molecule is O=C(O)C1CC(O)CCN1S(=O)(=O)c1ccc(OCc2cc(F)ccc2C(F)(F)F)nc1. The van der Waals surface area contributed by atoms with Crippen LogP contribution in [-0.2, 0) is 27.6 Å². The van der Waals surface area contributed by atoms with Gasteiger partial charge in [-0.15, -0.1) is 0 Å². The van der Waals surface area contributed by atoms with E-state index in [-0.39, 0.29) is 30.2 Å². The monoisotopic (exact) mass is 478 g/mol. The van der Waals surface area contributed by atoms with Crippen LogP contribution in [0.4, 0.5) is 17.6 Å². The van der Waals surface area contributed by atoms with Gasteiger partial charge in [-0.3, -0.25) is 4.79 Å². The molecule has 174 valence electrons. The first-order chi connectivity index (χ1) is 14.9. The molecule has 2 N–H and O–H groups in total. The molecule has 0 aliphatic carbocycles. The molecule has 2 unspecified atom stereocenters. The highest BCUT2D eigenvalue weighted by Crippen LogP contribution is 2.33. The number of aliphatic hydroxyl groups is 1. The summed E-state index contributed by atoms with van der Waals surface area (Å²) in [6.45, 7) is -0.880. The summed E-state index contributed by atoms with van der Waals surface area (Å²) in [4.78, 5) is 14.8. The standard InChI is InChI=1S/C19H18F4N2O6S/c20-12-1-3-15(19(21,22)23)11(7-12)10-31-17-4-2-14(9-24-17)32(29,30)25-6-5-13(26)8-16(25)18(27)28/h1-4,7,9,13,16,26H,5-6,8,10H2,(H,27,28). The number of benzene rings is 1. The summed E-state index contributed by atoms with van der Waals surface area (Å²) in [6.07, 6.45) is -4.99. The number of alkyl halides is 3. The van der Waals surface area contributed by atoms with Crippen LogP contribution in [0.2, 0.25) is 0 Å². The molecule has 0 amide bonds. The maximum Gasteiger partial charge on any atom is 0.416 e. The Morgan fingerprint density at radius 3 is 2.56 bits per heavy atom. The highest BCUT2D eigenvalue weighted by Gasteiger charge is 2.40. The summed E-state index contributed by atoms with van der Waals surface area (Å²) >= 11 is 0. The number of aromatic nitrogens is 1. The molecule has 8 nitrogen and oxygen atoms in total. The summed E-state index contributed by atoms with van der Waals surface area (Å²) in [5.41, 5.74) is -1.54. The van der Waals surface area contributed by atoms with Crippen LogP contribution in [0, 0.1) is 5.82 Å². The molecule has 1 aliphatic heterocycles. The first kappa shape index (κ1) is 23.9. The first-order valence-electron chi connectivity index (χ1n) is 9.27. The zero-order valence-corrected chi connectivity index (χ0v) is 17.1. The van der Waals surface area contributed by atoms with Gasteiger partial charge in [0.2, 0.25) is 15.9 Å². The molecule has 0 bridgehead atoms. The Balaban J connectivity index is 1.77. The fraction of sp³-hybridized carbons (Fsp3) is 0.368. The second-order valence-electron chi connectivity index (χ2n) is 7.07. The van der Waals surface area contributed by atoms with Crippen LogP contribution in [0.25, 0.3) is 0 Å². The fourth-order valence-corrected chi connectivity index (χ4v) is 4.84. The molecule has 1 aromatic carbocycles. The van der Waals surface area contributed by atoms with E-state index in [1.54, 1.807) is 0 Å². The van der Waals surface area contributed by atoms with Crippen LogP contribution in [-0.4, -0.2) is 52.6 Å². The van der Waals surface area contributed by atoms with Crippen molar-refractivity contribution in [1.82, 2.24) is 9.29 Å². The van der Waals surface area contributed by atoms with Crippen molar-refractivity contribution in [3.63, 3.8) is 0 Å². The van der Waals surface area contributed by atoms with E-state index >= 15 is 0 Å². The van der Waals surface area contributed by atoms with E-state index in [0.717, 1.165) is 22.6 Å². The fourth-order valence-electron chi connectivity index (χ4n) is 3.29. The van der Waals surface area contributed by atoms with Gasteiger partial charge < -0.3 is 14.9 Å². The summed E-state index contributed by atoms with van der Waals surface area (Å²) in [5, 5.41) is 18.9. The highest BCUT2D eigenvalue weighted by molar-refractivity contribution is 7.89. The lowest BCUT2D eigenvalue weighted by atomic mass is 10.0. The van der Waals surface area contributed by atoms with Crippen LogP contribution in [0.1, 0.15) is 24.0 Å². The number of carboxylic acids is 1. The highest BCUT2D eigenvalue weighted by atomic mass is 32.2. The van der Waals surface area contributed by atoms with E-state index in [9.17, 15) is 41.0 Å². The minimum Gasteiger partial charge on any atom is -0.480 e. The predicted octanol–water partition coefficient (Wildman–Crippen LogP) is 2.42. The lowest BCUT2D eigenvalue weighted by molar-refractivity contribution is -0.144. The first-order valence-corrected chi connectivity index (χ1v) is 10.7. The molecular formula is C19H18F4N2O6S. The number of nitrogens with zero attached hydrogens (tertiary/aromatic N) is 2. The quantitative estimate of drug-likeness (QED) is 0.613. The molecule has 2 heterocycles. The number of piperidine rings is 1. The second-order valence-corrected chi connectivity index (χ2v) is 8.96. The van der Waals surface area contributed by atoms with Gasteiger partial charge in [0.15, 0.2) is 0 Å². The molecule has 1 fully saturated rings. The number of aliphatic hydroxyl groups excluding tert-OH is 1. The molecule has 0 saturated carbocycles. The number of hydrogen-bond acceptors (Lipinski definition) is 6. The van der Waals surface area contributed by atoms with Crippen molar-refractivity contribution in [3.05, 3.63) is 53.5 Å². The number of halogens is 4. The molecule has 2 aromatic rings. The lowest BCUT2D eigenvalue weighted by Gasteiger charge is -2.34. The Kier molecular flexibility index (Phi) is 6.72. The molecule has 1 saturated heterocycles. The summed E-state index contributed by atoms with van der Waals surface area (Å²) < 4.78 is 84.1. The van der Waals surface area contributed by atoms with E-state index in [4.69, 9.17) is 4.74 Å². The van der Waals surface area contributed by atoms with Gasteiger partial charge >= 0.3 is 12.1 Å². The summed E-state index contributed by atoms with van der Waals surface area (Å²) in [7, 11) is -4.27.